The summed E-state index contributed by atoms with van der Waals surface area (Å²) in [6.07, 6.45) is 0. The van der Waals surface area contributed by atoms with Crippen LogP contribution in [0.25, 0.3) is 0 Å². The molecule has 0 aliphatic carbocycles. The molecule has 1 unspecified atom stereocenters. The van der Waals surface area contributed by atoms with Gasteiger partial charge in [0.25, 0.3) is 0 Å². The summed E-state index contributed by atoms with van der Waals surface area (Å²) in [4.78, 5) is 29.8. The van der Waals surface area contributed by atoms with Crippen LogP contribution in [0, 0.1) is 5.92 Å². The number of halogens is 1. The summed E-state index contributed by atoms with van der Waals surface area (Å²) in [6.45, 7) is 7.67. The lowest BCUT2D eigenvalue weighted by Gasteiger charge is -2.37. The van der Waals surface area contributed by atoms with Crippen LogP contribution in [0.3, 0.4) is 0 Å². The fraction of sp³-hybridized carbons (Fsp3) is 0.417. The lowest BCUT2D eigenvalue weighted by atomic mass is 10.0. The van der Waals surface area contributed by atoms with Crippen molar-refractivity contribution in [2.24, 2.45) is 5.92 Å². The van der Waals surface area contributed by atoms with Crippen LogP contribution >= 0.6 is 11.6 Å². The number of fused-ring (bicyclic) bond motifs is 1. The number of carbonyl (C=O) groups is 2. The van der Waals surface area contributed by atoms with E-state index in [4.69, 9.17) is 21.1 Å². The molecular weight excluding hydrogens is 444 g/mol. The van der Waals surface area contributed by atoms with Crippen molar-refractivity contribution in [3.05, 3.63) is 53.1 Å². The van der Waals surface area contributed by atoms with Crippen molar-refractivity contribution in [2.75, 3.05) is 38.3 Å². The Morgan fingerprint density at radius 2 is 1.79 bits per heavy atom. The summed E-state index contributed by atoms with van der Waals surface area (Å²) in [6, 6.07) is 11.9. The minimum Gasteiger partial charge on any atom is -0.454 e. The van der Waals surface area contributed by atoms with Crippen molar-refractivity contribution in [1.82, 2.24) is 15.1 Å². The van der Waals surface area contributed by atoms with Crippen molar-refractivity contribution in [3.63, 3.8) is 0 Å². The Morgan fingerprint density at radius 1 is 1.03 bits per heavy atom. The maximum absolute atomic E-state index is 13.2. The van der Waals surface area contributed by atoms with Gasteiger partial charge in [0.05, 0.1) is 0 Å². The Morgan fingerprint density at radius 3 is 2.52 bits per heavy atom. The predicted molar refractivity (Wildman–Crippen MR) is 127 cm³/mol. The summed E-state index contributed by atoms with van der Waals surface area (Å²) in [5.41, 5.74) is 1.73. The highest BCUT2D eigenvalue weighted by Gasteiger charge is 2.31. The number of anilines is 1. The molecule has 0 spiro atoms. The largest absolute Gasteiger partial charge is 0.454 e. The Labute approximate surface area is 198 Å². The zero-order chi connectivity index (χ0) is 23.4. The van der Waals surface area contributed by atoms with E-state index in [2.05, 4.69) is 15.5 Å². The van der Waals surface area contributed by atoms with Gasteiger partial charge in [0.15, 0.2) is 11.5 Å². The van der Waals surface area contributed by atoms with Crippen molar-refractivity contribution < 1.29 is 19.1 Å². The predicted octanol–water partition coefficient (Wildman–Crippen LogP) is 3.56. The Balaban J connectivity index is 1.29. The van der Waals surface area contributed by atoms with E-state index in [1.165, 1.54) is 0 Å². The average molecular weight is 473 g/mol. The van der Waals surface area contributed by atoms with Gasteiger partial charge in [0, 0.05) is 43.4 Å². The van der Waals surface area contributed by atoms with Gasteiger partial charge in [-0.2, -0.15) is 0 Å². The van der Waals surface area contributed by atoms with Crippen LogP contribution in [-0.4, -0.2) is 60.8 Å². The lowest BCUT2D eigenvalue weighted by Crippen LogP contribution is -2.56. The molecule has 9 heteroatoms. The first kappa shape index (κ1) is 23.2. The van der Waals surface area contributed by atoms with Crippen LogP contribution < -0.4 is 20.1 Å². The number of amides is 3. The molecule has 2 aromatic carbocycles. The van der Waals surface area contributed by atoms with Crippen molar-refractivity contribution in [1.29, 1.82) is 0 Å². The van der Waals surface area contributed by atoms with Gasteiger partial charge in [-0.15, -0.1) is 0 Å². The summed E-state index contributed by atoms with van der Waals surface area (Å²) in [5, 5.41) is 6.11. The molecule has 1 atom stereocenters. The molecule has 2 aromatic rings. The zero-order valence-corrected chi connectivity index (χ0v) is 19.6. The van der Waals surface area contributed by atoms with E-state index in [0.717, 1.165) is 36.7 Å². The third kappa shape index (κ3) is 5.89. The molecule has 2 aliphatic heterocycles. The number of nitrogens with one attached hydrogen (secondary N) is 2. The van der Waals surface area contributed by atoms with E-state index in [9.17, 15) is 9.59 Å². The first-order valence-electron chi connectivity index (χ1n) is 11.1. The van der Waals surface area contributed by atoms with Crippen molar-refractivity contribution >= 4 is 29.2 Å². The molecule has 1 saturated heterocycles. The van der Waals surface area contributed by atoms with E-state index >= 15 is 0 Å². The molecule has 2 N–H and O–H groups in total. The average Bonchev–Trinajstić information content (AvgIpc) is 3.25. The number of rotatable bonds is 6. The molecule has 176 valence electrons. The van der Waals surface area contributed by atoms with Crippen LogP contribution in [0.2, 0.25) is 5.02 Å². The summed E-state index contributed by atoms with van der Waals surface area (Å²) in [7, 11) is 0. The zero-order valence-electron chi connectivity index (χ0n) is 18.8. The standard InChI is InChI=1S/C24H29ClN4O4/c1-16(2)22(27-24(31)26-19-5-3-4-18(25)13-19)23(30)29-10-8-28(9-11-29)14-17-6-7-20-21(12-17)33-15-32-20/h3-7,12-13,16,22H,8-11,14-15H2,1-2H3,(H2,26,27,31). The highest BCUT2D eigenvalue weighted by Crippen LogP contribution is 2.32. The lowest BCUT2D eigenvalue weighted by molar-refractivity contribution is -0.136. The van der Waals surface area contributed by atoms with Gasteiger partial charge >= 0.3 is 6.03 Å². The molecule has 8 nitrogen and oxygen atoms in total. The van der Waals surface area contributed by atoms with E-state index in [1.807, 2.05) is 36.9 Å². The summed E-state index contributed by atoms with van der Waals surface area (Å²) in [5.74, 6) is 1.45. The third-order valence-corrected chi connectivity index (χ3v) is 6.06. The monoisotopic (exact) mass is 472 g/mol. The second-order valence-electron chi connectivity index (χ2n) is 8.62. The SMILES string of the molecule is CC(C)C(NC(=O)Nc1cccc(Cl)c1)C(=O)N1CCN(Cc2ccc3c(c2)OCO3)CC1. The number of hydrogen-bond acceptors (Lipinski definition) is 5. The maximum atomic E-state index is 13.2. The second-order valence-corrected chi connectivity index (χ2v) is 9.06. The highest BCUT2D eigenvalue weighted by molar-refractivity contribution is 6.30. The van der Waals surface area contributed by atoms with E-state index in [-0.39, 0.29) is 18.6 Å². The van der Waals surface area contributed by atoms with Gasteiger partial charge in [0.2, 0.25) is 12.7 Å². The molecule has 0 saturated carbocycles. The van der Waals surface area contributed by atoms with Gasteiger partial charge in [-0.3, -0.25) is 9.69 Å². The Bertz CT molecular complexity index is 1010. The van der Waals surface area contributed by atoms with Crippen LogP contribution in [0.5, 0.6) is 11.5 Å². The molecule has 4 rings (SSSR count). The van der Waals surface area contributed by atoms with Crippen LogP contribution in [0.1, 0.15) is 19.4 Å². The number of nitrogens with zero attached hydrogens (tertiary/aromatic N) is 2. The number of benzene rings is 2. The Hall–Kier alpha value is -2.97. The summed E-state index contributed by atoms with van der Waals surface area (Å²) < 4.78 is 10.8. The summed E-state index contributed by atoms with van der Waals surface area (Å²) >= 11 is 5.98. The highest BCUT2D eigenvalue weighted by atomic mass is 35.5. The number of urea groups is 1. The van der Waals surface area contributed by atoms with Crippen LogP contribution in [0.15, 0.2) is 42.5 Å². The van der Waals surface area contributed by atoms with Gasteiger partial charge in [-0.05, 0) is 41.8 Å². The number of carbonyl (C=O) groups excluding carboxylic acids is 2. The van der Waals surface area contributed by atoms with Crippen LogP contribution in [0.4, 0.5) is 10.5 Å². The topological polar surface area (TPSA) is 83.1 Å². The van der Waals surface area contributed by atoms with E-state index in [0.29, 0.717) is 23.8 Å². The normalized spacial score (nSPS) is 16.5. The van der Waals surface area contributed by atoms with Gasteiger partial charge in [0.1, 0.15) is 6.04 Å². The third-order valence-electron chi connectivity index (χ3n) is 5.83. The molecule has 3 amide bonds. The fourth-order valence-corrected chi connectivity index (χ4v) is 4.20. The number of ether oxygens (including phenoxy) is 2. The number of hydrogen-bond donors (Lipinski definition) is 2. The minimum absolute atomic E-state index is 0.0470. The first-order chi connectivity index (χ1) is 15.9. The minimum atomic E-state index is -0.607. The van der Waals surface area contributed by atoms with Crippen molar-refractivity contribution in [3.8, 4) is 11.5 Å². The molecule has 1 fully saturated rings. The van der Waals surface area contributed by atoms with E-state index < -0.39 is 12.1 Å². The van der Waals surface area contributed by atoms with Crippen LogP contribution in [-0.2, 0) is 11.3 Å². The fourth-order valence-electron chi connectivity index (χ4n) is 4.01. The molecule has 33 heavy (non-hydrogen) atoms. The molecule has 0 aromatic heterocycles. The quantitative estimate of drug-likeness (QED) is 0.671. The molecule has 0 radical (unpaired) electrons. The molecule has 2 heterocycles. The first-order valence-corrected chi connectivity index (χ1v) is 11.5. The van der Waals surface area contributed by atoms with Crippen molar-refractivity contribution in [2.45, 2.75) is 26.4 Å². The van der Waals surface area contributed by atoms with Gasteiger partial charge in [-0.1, -0.05) is 37.6 Å². The van der Waals surface area contributed by atoms with Gasteiger partial charge < -0.3 is 25.0 Å². The maximum Gasteiger partial charge on any atom is 0.319 e. The smallest absolute Gasteiger partial charge is 0.319 e. The Kier molecular flexibility index (Phi) is 7.25. The molecule has 2 aliphatic rings. The van der Waals surface area contributed by atoms with Gasteiger partial charge in [-0.25, -0.2) is 4.79 Å². The van der Waals surface area contributed by atoms with E-state index in [1.54, 1.807) is 24.3 Å². The molecule has 0 bridgehead atoms. The molecular formula is C24H29ClN4O4. The number of piperazine rings is 1. The second kappa shape index (κ2) is 10.3.